The number of nitrogens with one attached hydrogen (secondary N) is 1. The highest BCUT2D eigenvalue weighted by atomic mass is 32.1. The van der Waals surface area contributed by atoms with Gasteiger partial charge in [0.15, 0.2) is 0 Å². The highest BCUT2D eigenvalue weighted by Gasteiger charge is 2.30. The first kappa shape index (κ1) is 17.4. The molecule has 0 spiro atoms. The maximum Gasteiger partial charge on any atom is 0.305 e. The number of nitrogens with zero attached hydrogens (tertiary/aromatic N) is 4. The first-order valence-corrected chi connectivity index (χ1v) is 8.90. The Hall–Kier alpha value is -2.42. The molecule has 1 aliphatic rings. The lowest BCUT2D eigenvalue weighted by Gasteiger charge is -2.07. The van der Waals surface area contributed by atoms with Crippen LogP contribution in [0.15, 0.2) is 18.6 Å². The standard InChI is InChI=1S/C16H19N5O3S/c1-24-14(23)7-10-2-3-11(6-10)15-20-21-16(25-15)19-13(22)8-12-4-5-17-9-18-12/h4-5,9-11H,2-3,6-8H2,1H3,(H,19,21,22)/t10-,11+/m1/s1. The van der Waals surface area contributed by atoms with Crippen LogP contribution < -0.4 is 5.32 Å². The number of ether oxygens (including phenoxy) is 1. The second kappa shape index (κ2) is 8.11. The average molecular weight is 361 g/mol. The van der Waals surface area contributed by atoms with E-state index in [1.807, 2.05) is 0 Å². The van der Waals surface area contributed by atoms with Crippen LogP contribution in [-0.4, -0.2) is 39.2 Å². The molecule has 8 nitrogen and oxygen atoms in total. The molecule has 1 amide bonds. The fourth-order valence-corrected chi connectivity index (χ4v) is 3.91. The van der Waals surface area contributed by atoms with Crippen LogP contribution in [-0.2, 0) is 20.7 Å². The number of aromatic nitrogens is 4. The van der Waals surface area contributed by atoms with E-state index in [4.69, 9.17) is 4.74 Å². The summed E-state index contributed by atoms with van der Waals surface area (Å²) in [6.45, 7) is 0. The van der Waals surface area contributed by atoms with Gasteiger partial charge in [-0.1, -0.05) is 11.3 Å². The second-order valence-corrected chi connectivity index (χ2v) is 7.04. The van der Waals surface area contributed by atoms with Gasteiger partial charge in [-0.25, -0.2) is 9.97 Å². The van der Waals surface area contributed by atoms with Gasteiger partial charge in [0.1, 0.15) is 11.3 Å². The molecular weight excluding hydrogens is 342 g/mol. The molecule has 2 heterocycles. The van der Waals surface area contributed by atoms with Crippen LogP contribution in [0.4, 0.5) is 5.13 Å². The van der Waals surface area contributed by atoms with Crippen molar-refractivity contribution in [2.75, 3.05) is 12.4 Å². The summed E-state index contributed by atoms with van der Waals surface area (Å²) in [6, 6.07) is 1.70. The number of hydrogen-bond acceptors (Lipinski definition) is 8. The zero-order valence-electron chi connectivity index (χ0n) is 13.8. The predicted octanol–water partition coefficient (Wildman–Crippen LogP) is 1.96. The Labute approximate surface area is 149 Å². The minimum atomic E-state index is -0.184. The Morgan fingerprint density at radius 2 is 2.24 bits per heavy atom. The highest BCUT2D eigenvalue weighted by Crippen LogP contribution is 2.41. The van der Waals surface area contributed by atoms with Crippen molar-refractivity contribution in [2.24, 2.45) is 5.92 Å². The molecule has 1 fully saturated rings. The third kappa shape index (κ3) is 4.79. The van der Waals surface area contributed by atoms with Gasteiger partial charge in [0, 0.05) is 18.5 Å². The summed E-state index contributed by atoms with van der Waals surface area (Å²) < 4.78 is 4.73. The quantitative estimate of drug-likeness (QED) is 0.784. The Morgan fingerprint density at radius 3 is 3.00 bits per heavy atom. The molecule has 3 rings (SSSR count). The zero-order valence-corrected chi connectivity index (χ0v) is 14.7. The minimum absolute atomic E-state index is 0.166. The van der Waals surface area contributed by atoms with Crippen molar-refractivity contribution in [2.45, 2.75) is 38.0 Å². The Kier molecular flexibility index (Phi) is 5.64. The van der Waals surface area contributed by atoms with E-state index >= 15 is 0 Å². The van der Waals surface area contributed by atoms with Crippen molar-refractivity contribution in [1.82, 2.24) is 20.2 Å². The molecule has 25 heavy (non-hydrogen) atoms. The second-order valence-electron chi connectivity index (χ2n) is 6.03. The van der Waals surface area contributed by atoms with E-state index in [1.54, 1.807) is 12.3 Å². The lowest BCUT2D eigenvalue weighted by Crippen LogP contribution is -2.15. The van der Waals surface area contributed by atoms with Gasteiger partial charge < -0.3 is 10.1 Å². The maximum atomic E-state index is 12.0. The number of carbonyl (C=O) groups is 2. The molecule has 0 aliphatic heterocycles. The number of methoxy groups -OCH3 is 1. The summed E-state index contributed by atoms with van der Waals surface area (Å²) in [5.41, 5.74) is 0.652. The first-order chi connectivity index (χ1) is 12.1. The SMILES string of the molecule is COC(=O)C[C@@H]1CC[C@H](c2nnc(NC(=O)Cc3ccncn3)s2)C1. The Balaban J connectivity index is 1.52. The van der Waals surface area contributed by atoms with E-state index in [2.05, 4.69) is 25.5 Å². The Bertz CT molecular complexity index is 736. The lowest BCUT2D eigenvalue weighted by atomic mass is 10.0. The van der Waals surface area contributed by atoms with Crippen molar-refractivity contribution in [1.29, 1.82) is 0 Å². The van der Waals surface area contributed by atoms with Crippen molar-refractivity contribution in [3.05, 3.63) is 29.3 Å². The van der Waals surface area contributed by atoms with Gasteiger partial charge in [0.2, 0.25) is 11.0 Å². The molecular formula is C16H19N5O3S. The summed E-state index contributed by atoms with van der Waals surface area (Å²) in [6.07, 6.45) is 6.49. The topological polar surface area (TPSA) is 107 Å². The van der Waals surface area contributed by atoms with E-state index in [0.29, 0.717) is 29.1 Å². The third-order valence-corrected chi connectivity index (χ3v) is 5.25. The summed E-state index contributed by atoms with van der Waals surface area (Å²) in [5.74, 6) is 0.272. The first-order valence-electron chi connectivity index (χ1n) is 8.09. The molecule has 0 unspecified atom stereocenters. The van der Waals surface area contributed by atoms with Crippen LogP contribution in [0.1, 0.15) is 42.3 Å². The molecule has 1 saturated carbocycles. The van der Waals surface area contributed by atoms with E-state index in [-0.39, 0.29) is 18.3 Å². The molecule has 0 radical (unpaired) electrons. The van der Waals surface area contributed by atoms with Crippen LogP contribution in [0.3, 0.4) is 0 Å². The number of hydrogen-bond donors (Lipinski definition) is 1. The van der Waals surface area contributed by atoms with Crippen molar-refractivity contribution >= 4 is 28.3 Å². The average Bonchev–Trinajstić information content (AvgIpc) is 3.25. The summed E-state index contributed by atoms with van der Waals surface area (Å²) >= 11 is 1.39. The molecule has 9 heteroatoms. The third-order valence-electron chi connectivity index (χ3n) is 4.25. The van der Waals surface area contributed by atoms with Crippen LogP contribution in [0.25, 0.3) is 0 Å². The largest absolute Gasteiger partial charge is 0.469 e. The fourth-order valence-electron chi connectivity index (χ4n) is 3.00. The normalized spacial score (nSPS) is 19.6. The number of carbonyl (C=O) groups excluding carboxylic acids is 2. The zero-order chi connectivity index (χ0) is 17.6. The van der Waals surface area contributed by atoms with Gasteiger partial charge >= 0.3 is 5.97 Å². The van der Waals surface area contributed by atoms with E-state index in [9.17, 15) is 9.59 Å². The summed E-state index contributed by atoms with van der Waals surface area (Å²) in [4.78, 5) is 31.3. The molecule has 1 aliphatic carbocycles. The number of rotatable bonds is 6. The maximum absolute atomic E-state index is 12.0. The smallest absolute Gasteiger partial charge is 0.305 e. The number of esters is 1. The molecule has 2 aromatic rings. The van der Waals surface area contributed by atoms with E-state index in [1.165, 1.54) is 24.8 Å². The van der Waals surface area contributed by atoms with Gasteiger partial charge in [0.05, 0.1) is 19.2 Å². The van der Waals surface area contributed by atoms with Crippen LogP contribution >= 0.6 is 11.3 Å². The molecule has 2 aromatic heterocycles. The molecule has 0 saturated heterocycles. The van der Waals surface area contributed by atoms with Crippen LogP contribution in [0.2, 0.25) is 0 Å². The number of anilines is 1. The Morgan fingerprint density at radius 1 is 1.36 bits per heavy atom. The summed E-state index contributed by atoms with van der Waals surface area (Å²) in [5, 5.41) is 12.4. The van der Waals surface area contributed by atoms with Gasteiger partial charge in [-0.15, -0.1) is 10.2 Å². The summed E-state index contributed by atoms with van der Waals surface area (Å²) in [7, 11) is 1.41. The number of amides is 1. The van der Waals surface area contributed by atoms with Gasteiger partial charge in [-0.2, -0.15) is 0 Å². The van der Waals surface area contributed by atoms with Gasteiger partial charge in [-0.3, -0.25) is 9.59 Å². The predicted molar refractivity (Wildman–Crippen MR) is 91.0 cm³/mol. The lowest BCUT2D eigenvalue weighted by molar-refractivity contribution is -0.141. The van der Waals surface area contributed by atoms with Gasteiger partial charge in [-0.05, 0) is 31.2 Å². The fraction of sp³-hybridized carbons (Fsp3) is 0.500. The van der Waals surface area contributed by atoms with Crippen LogP contribution in [0, 0.1) is 5.92 Å². The molecule has 0 aromatic carbocycles. The van der Waals surface area contributed by atoms with E-state index < -0.39 is 0 Å². The van der Waals surface area contributed by atoms with Crippen molar-refractivity contribution in [3.63, 3.8) is 0 Å². The molecule has 0 bridgehead atoms. The van der Waals surface area contributed by atoms with Crippen LogP contribution in [0.5, 0.6) is 0 Å². The highest BCUT2D eigenvalue weighted by molar-refractivity contribution is 7.15. The molecule has 132 valence electrons. The van der Waals surface area contributed by atoms with Gasteiger partial charge in [0.25, 0.3) is 0 Å². The molecule has 2 atom stereocenters. The van der Waals surface area contributed by atoms with Crippen molar-refractivity contribution < 1.29 is 14.3 Å². The molecule has 1 N–H and O–H groups in total. The van der Waals surface area contributed by atoms with E-state index in [0.717, 1.165) is 24.3 Å². The van der Waals surface area contributed by atoms with Crippen molar-refractivity contribution in [3.8, 4) is 0 Å². The minimum Gasteiger partial charge on any atom is -0.469 e. The monoisotopic (exact) mass is 361 g/mol.